The van der Waals surface area contributed by atoms with Crippen molar-refractivity contribution in [1.29, 1.82) is 0 Å². The summed E-state index contributed by atoms with van der Waals surface area (Å²) in [5.74, 6) is 0.196. The highest BCUT2D eigenvalue weighted by atomic mass is 16.5. The van der Waals surface area contributed by atoms with Crippen LogP contribution in [0.3, 0.4) is 0 Å². The van der Waals surface area contributed by atoms with E-state index in [1.165, 1.54) is 12.0 Å². The summed E-state index contributed by atoms with van der Waals surface area (Å²) >= 11 is 0. The molecule has 9 heteroatoms. The molecule has 9 nitrogen and oxygen atoms in total. The summed E-state index contributed by atoms with van der Waals surface area (Å²) in [6.07, 6.45) is -0.0182. The summed E-state index contributed by atoms with van der Waals surface area (Å²) in [7, 11) is 1.50. The van der Waals surface area contributed by atoms with E-state index in [-0.39, 0.29) is 23.3 Å². The Hall–Kier alpha value is -4.27. The highest BCUT2D eigenvalue weighted by molar-refractivity contribution is 6.51. The summed E-state index contributed by atoms with van der Waals surface area (Å²) < 4.78 is 21.9. The molecule has 1 amide bonds. The average molecular weight is 493 g/mol. The maximum absolute atomic E-state index is 13.3. The second-order valence-electron chi connectivity index (χ2n) is 8.50. The molecule has 1 N–H and O–H groups in total. The van der Waals surface area contributed by atoms with Gasteiger partial charge in [-0.25, -0.2) is 0 Å². The molecular weight excluding hydrogens is 464 g/mol. The van der Waals surface area contributed by atoms with Crippen molar-refractivity contribution in [2.45, 2.75) is 39.8 Å². The van der Waals surface area contributed by atoms with Crippen LogP contribution in [-0.2, 0) is 9.59 Å². The first kappa shape index (κ1) is 24.8. The molecule has 0 radical (unpaired) electrons. The molecule has 0 spiro atoms. The standard InChI is InChI=1S/C27H28N2O7/c1-6-34-20-12-9-18(14-21(20)33-5)24-23(25(30)17-7-10-19(11-8-17)35-15(2)3)26(31)27(32)29(24)22-13-16(4)36-28-22/h7-15,24,30H,6H2,1-5H3/b25-23+. The predicted octanol–water partition coefficient (Wildman–Crippen LogP) is 4.80. The summed E-state index contributed by atoms with van der Waals surface area (Å²) in [6.45, 7) is 7.79. The number of amides is 1. The van der Waals surface area contributed by atoms with Crippen molar-refractivity contribution in [2.75, 3.05) is 18.6 Å². The number of aryl methyl sites for hydroxylation is 1. The number of carbonyl (C=O) groups excluding carboxylic acids is 2. The topological polar surface area (TPSA) is 111 Å². The zero-order chi connectivity index (χ0) is 26.0. The summed E-state index contributed by atoms with van der Waals surface area (Å²) in [5.41, 5.74) is 0.809. The molecule has 4 rings (SSSR count). The molecule has 0 aliphatic carbocycles. The van der Waals surface area contributed by atoms with E-state index in [4.69, 9.17) is 18.7 Å². The Balaban J connectivity index is 1.88. The maximum atomic E-state index is 13.3. The van der Waals surface area contributed by atoms with Gasteiger partial charge in [0.1, 0.15) is 17.3 Å². The first-order valence-corrected chi connectivity index (χ1v) is 11.6. The van der Waals surface area contributed by atoms with Crippen molar-refractivity contribution in [3.63, 3.8) is 0 Å². The second kappa shape index (κ2) is 10.2. The smallest absolute Gasteiger partial charge is 0.301 e. The van der Waals surface area contributed by atoms with Gasteiger partial charge < -0.3 is 23.8 Å². The molecule has 1 saturated heterocycles. The Kier molecular flexibility index (Phi) is 7.00. The molecule has 188 valence electrons. The quantitative estimate of drug-likeness (QED) is 0.271. The highest BCUT2D eigenvalue weighted by Gasteiger charge is 2.48. The van der Waals surface area contributed by atoms with Crippen molar-refractivity contribution in [1.82, 2.24) is 5.16 Å². The van der Waals surface area contributed by atoms with Crippen molar-refractivity contribution in [2.24, 2.45) is 0 Å². The first-order chi connectivity index (χ1) is 17.2. The number of hydrogen-bond acceptors (Lipinski definition) is 8. The number of methoxy groups -OCH3 is 1. The molecule has 1 fully saturated rings. The fourth-order valence-corrected chi connectivity index (χ4v) is 4.10. The van der Waals surface area contributed by atoms with Gasteiger partial charge in [0.25, 0.3) is 5.78 Å². The van der Waals surface area contributed by atoms with Gasteiger partial charge in [-0.05, 0) is 69.7 Å². The van der Waals surface area contributed by atoms with Gasteiger partial charge in [0, 0.05) is 11.6 Å². The Labute approximate surface area is 208 Å². The van der Waals surface area contributed by atoms with Crippen molar-refractivity contribution in [3.05, 3.63) is 71.0 Å². The Morgan fingerprint density at radius 1 is 1.11 bits per heavy atom. The number of rotatable bonds is 8. The minimum atomic E-state index is -0.981. The van der Waals surface area contributed by atoms with Crippen LogP contribution in [0.2, 0.25) is 0 Å². The summed E-state index contributed by atoms with van der Waals surface area (Å²) in [4.78, 5) is 27.7. The fraction of sp³-hybridized carbons (Fsp3) is 0.296. The molecule has 1 aliphatic rings. The molecule has 3 aromatic rings. The fourth-order valence-electron chi connectivity index (χ4n) is 4.10. The highest BCUT2D eigenvalue weighted by Crippen LogP contribution is 2.44. The van der Waals surface area contributed by atoms with E-state index in [9.17, 15) is 14.7 Å². The largest absolute Gasteiger partial charge is 0.507 e. The lowest BCUT2D eigenvalue weighted by molar-refractivity contribution is -0.132. The van der Waals surface area contributed by atoms with Crippen LogP contribution in [0.15, 0.2) is 58.6 Å². The molecule has 36 heavy (non-hydrogen) atoms. The normalized spacial score (nSPS) is 17.1. The van der Waals surface area contributed by atoms with Gasteiger partial charge in [-0.1, -0.05) is 11.2 Å². The van der Waals surface area contributed by atoms with Crippen LogP contribution in [-0.4, -0.2) is 41.8 Å². The Bertz CT molecular complexity index is 1310. The molecular formula is C27H28N2O7. The van der Waals surface area contributed by atoms with Crippen molar-refractivity contribution >= 4 is 23.3 Å². The number of Topliss-reactive ketones (excluding diaryl/α,β-unsaturated/α-hetero) is 1. The third kappa shape index (κ3) is 4.64. The number of ketones is 1. The van der Waals surface area contributed by atoms with Gasteiger partial charge in [-0.3, -0.25) is 14.5 Å². The van der Waals surface area contributed by atoms with Crippen LogP contribution < -0.4 is 19.1 Å². The van der Waals surface area contributed by atoms with Gasteiger partial charge in [0.15, 0.2) is 17.3 Å². The molecule has 2 heterocycles. The van der Waals surface area contributed by atoms with E-state index >= 15 is 0 Å². The first-order valence-electron chi connectivity index (χ1n) is 11.6. The Morgan fingerprint density at radius 2 is 1.83 bits per heavy atom. The van der Waals surface area contributed by atoms with Crippen LogP contribution in [0.25, 0.3) is 5.76 Å². The predicted molar refractivity (Wildman–Crippen MR) is 132 cm³/mol. The van der Waals surface area contributed by atoms with Crippen LogP contribution in [0.1, 0.15) is 43.7 Å². The summed E-state index contributed by atoms with van der Waals surface area (Å²) in [5, 5.41) is 15.2. The van der Waals surface area contributed by atoms with E-state index in [0.29, 0.717) is 40.7 Å². The van der Waals surface area contributed by atoms with Gasteiger partial charge in [-0.2, -0.15) is 0 Å². The molecule has 1 unspecified atom stereocenters. The Morgan fingerprint density at radius 3 is 2.42 bits per heavy atom. The van der Waals surface area contributed by atoms with E-state index in [0.717, 1.165) is 0 Å². The van der Waals surface area contributed by atoms with Crippen LogP contribution in [0, 0.1) is 6.92 Å². The van der Waals surface area contributed by atoms with E-state index in [1.54, 1.807) is 55.5 Å². The molecule has 2 aromatic carbocycles. The number of hydrogen-bond donors (Lipinski definition) is 1. The van der Waals surface area contributed by atoms with Gasteiger partial charge in [0.2, 0.25) is 0 Å². The zero-order valence-electron chi connectivity index (χ0n) is 20.8. The van der Waals surface area contributed by atoms with Gasteiger partial charge in [0.05, 0.1) is 31.4 Å². The third-order valence-corrected chi connectivity index (χ3v) is 5.61. The van der Waals surface area contributed by atoms with Crippen LogP contribution in [0.5, 0.6) is 17.2 Å². The third-order valence-electron chi connectivity index (χ3n) is 5.61. The van der Waals surface area contributed by atoms with Gasteiger partial charge >= 0.3 is 5.91 Å². The van der Waals surface area contributed by atoms with Gasteiger partial charge in [-0.15, -0.1) is 0 Å². The van der Waals surface area contributed by atoms with E-state index in [1.807, 2.05) is 20.8 Å². The number of benzene rings is 2. The number of aliphatic hydroxyl groups excluding tert-OH is 1. The molecule has 0 saturated carbocycles. The SMILES string of the molecule is CCOc1ccc(C2/C(=C(\O)c3ccc(OC(C)C)cc3)C(=O)C(=O)N2c2cc(C)on2)cc1OC. The van der Waals surface area contributed by atoms with Crippen LogP contribution >= 0.6 is 0 Å². The average Bonchev–Trinajstić information content (AvgIpc) is 3.39. The number of carbonyl (C=O) groups is 2. The lowest BCUT2D eigenvalue weighted by Gasteiger charge is -2.23. The molecule has 1 atom stereocenters. The molecule has 1 aliphatic heterocycles. The van der Waals surface area contributed by atoms with Crippen molar-refractivity contribution in [3.8, 4) is 17.2 Å². The van der Waals surface area contributed by atoms with Crippen LogP contribution in [0.4, 0.5) is 5.82 Å². The lowest BCUT2D eigenvalue weighted by atomic mass is 9.95. The maximum Gasteiger partial charge on any atom is 0.301 e. The summed E-state index contributed by atoms with van der Waals surface area (Å²) in [6, 6.07) is 12.3. The van der Waals surface area contributed by atoms with Crippen molar-refractivity contribution < 1.29 is 33.4 Å². The minimum Gasteiger partial charge on any atom is -0.507 e. The number of anilines is 1. The monoisotopic (exact) mass is 492 g/mol. The van der Waals surface area contributed by atoms with E-state index in [2.05, 4.69) is 5.16 Å². The second-order valence-corrected chi connectivity index (χ2v) is 8.50. The number of ether oxygens (including phenoxy) is 3. The lowest BCUT2D eigenvalue weighted by Crippen LogP contribution is -2.29. The molecule has 0 bridgehead atoms. The van der Waals surface area contributed by atoms with E-state index < -0.39 is 17.7 Å². The number of aliphatic hydroxyl groups is 1. The number of nitrogens with zero attached hydrogens (tertiary/aromatic N) is 2. The molecule has 1 aromatic heterocycles. The zero-order valence-corrected chi connectivity index (χ0v) is 20.8. The minimum absolute atomic E-state index is 0.0182. The number of aromatic nitrogens is 1.